The summed E-state index contributed by atoms with van der Waals surface area (Å²) in [7, 11) is 1.32. The van der Waals surface area contributed by atoms with E-state index in [2.05, 4.69) is 20.7 Å². The Hall–Kier alpha value is -2.38. The Bertz CT molecular complexity index is 891. The first-order valence-electron chi connectivity index (χ1n) is 7.66. The molecule has 1 saturated heterocycles. The molecule has 26 heavy (non-hydrogen) atoms. The average Bonchev–Trinajstić information content (AvgIpc) is 2.91. The summed E-state index contributed by atoms with van der Waals surface area (Å²) >= 11 is 4.27. The van der Waals surface area contributed by atoms with Crippen molar-refractivity contribution < 1.29 is 19.1 Å². The number of methoxy groups -OCH3 is 1. The van der Waals surface area contributed by atoms with Crippen LogP contribution in [0.4, 0.5) is 4.79 Å². The van der Waals surface area contributed by atoms with E-state index in [1.165, 1.54) is 12.0 Å². The van der Waals surface area contributed by atoms with E-state index >= 15 is 0 Å². The van der Waals surface area contributed by atoms with E-state index in [1.54, 1.807) is 30.3 Å². The minimum absolute atomic E-state index is 0.233. The van der Waals surface area contributed by atoms with E-state index in [-0.39, 0.29) is 17.7 Å². The van der Waals surface area contributed by atoms with Gasteiger partial charge < -0.3 is 4.74 Å². The molecule has 1 fully saturated rings. The van der Waals surface area contributed by atoms with Crippen molar-refractivity contribution >= 4 is 50.9 Å². The lowest BCUT2D eigenvalue weighted by atomic mass is 10.1. The van der Waals surface area contributed by atoms with Gasteiger partial charge in [-0.25, -0.2) is 4.79 Å². The summed E-state index contributed by atoms with van der Waals surface area (Å²) in [4.78, 5) is 37.8. The van der Waals surface area contributed by atoms with Crippen LogP contribution in [-0.2, 0) is 16.1 Å². The zero-order chi connectivity index (χ0) is 18.7. The zero-order valence-corrected chi connectivity index (χ0v) is 16.2. The highest BCUT2D eigenvalue weighted by molar-refractivity contribution is 9.10. The lowest BCUT2D eigenvalue weighted by Crippen LogP contribution is -2.27. The van der Waals surface area contributed by atoms with Crippen molar-refractivity contribution in [2.24, 2.45) is 0 Å². The molecule has 0 aliphatic carbocycles. The van der Waals surface area contributed by atoms with Gasteiger partial charge in [0.1, 0.15) is 0 Å². The van der Waals surface area contributed by atoms with E-state index < -0.39 is 5.97 Å². The maximum atomic E-state index is 12.5. The highest BCUT2D eigenvalue weighted by Gasteiger charge is 2.34. The summed E-state index contributed by atoms with van der Waals surface area (Å²) in [5.74, 6) is -0.744. The van der Waals surface area contributed by atoms with E-state index in [0.29, 0.717) is 10.5 Å². The van der Waals surface area contributed by atoms with Crippen molar-refractivity contribution in [3.05, 3.63) is 74.6 Å². The number of benzene rings is 2. The number of hydrogen-bond acceptors (Lipinski definition) is 5. The number of halogens is 1. The van der Waals surface area contributed by atoms with Crippen LogP contribution in [0.3, 0.4) is 0 Å². The minimum Gasteiger partial charge on any atom is -0.465 e. The molecule has 0 saturated carbocycles. The third kappa shape index (κ3) is 4.05. The van der Waals surface area contributed by atoms with Gasteiger partial charge in [0.25, 0.3) is 11.1 Å². The number of esters is 1. The van der Waals surface area contributed by atoms with Gasteiger partial charge in [0.05, 0.1) is 24.1 Å². The number of imide groups is 1. The number of thioether (sulfide) groups is 1. The number of rotatable bonds is 4. The largest absolute Gasteiger partial charge is 0.465 e. The van der Waals surface area contributed by atoms with Crippen LogP contribution in [0, 0.1) is 0 Å². The van der Waals surface area contributed by atoms with Gasteiger partial charge in [-0.05, 0) is 53.2 Å². The first kappa shape index (κ1) is 18.4. The van der Waals surface area contributed by atoms with Gasteiger partial charge in [-0.3, -0.25) is 14.5 Å². The van der Waals surface area contributed by atoms with Crippen molar-refractivity contribution in [2.75, 3.05) is 7.11 Å². The second kappa shape index (κ2) is 7.88. The van der Waals surface area contributed by atoms with Crippen molar-refractivity contribution in [1.82, 2.24) is 4.90 Å². The lowest BCUT2D eigenvalue weighted by molar-refractivity contribution is -0.123. The summed E-state index contributed by atoms with van der Waals surface area (Å²) in [6.45, 7) is 0.233. The maximum absolute atomic E-state index is 12.5. The van der Waals surface area contributed by atoms with Crippen LogP contribution in [0.25, 0.3) is 6.08 Å². The summed E-state index contributed by atoms with van der Waals surface area (Å²) in [5, 5.41) is -0.296. The fourth-order valence-electron chi connectivity index (χ4n) is 2.39. The van der Waals surface area contributed by atoms with Crippen LogP contribution >= 0.6 is 27.7 Å². The number of ether oxygens (including phenoxy) is 1. The predicted molar refractivity (Wildman–Crippen MR) is 103 cm³/mol. The van der Waals surface area contributed by atoms with Crippen LogP contribution in [0.5, 0.6) is 0 Å². The van der Waals surface area contributed by atoms with Gasteiger partial charge in [0.2, 0.25) is 0 Å². The lowest BCUT2D eigenvalue weighted by Gasteiger charge is -2.12. The molecule has 0 unspecified atom stereocenters. The molecule has 132 valence electrons. The molecule has 0 bridgehead atoms. The minimum atomic E-state index is -0.425. The Morgan fingerprint density at radius 1 is 1.12 bits per heavy atom. The molecule has 1 heterocycles. The van der Waals surface area contributed by atoms with Crippen LogP contribution in [0.2, 0.25) is 0 Å². The van der Waals surface area contributed by atoms with Crippen LogP contribution in [-0.4, -0.2) is 29.1 Å². The molecule has 2 amide bonds. The average molecular weight is 432 g/mol. The van der Waals surface area contributed by atoms with Crippen molar-refractivity contribution in [3.8, 4) is 0 Å². The Labute approximate surface area is 163 Å². The second-order valence-electron chi connectivity index (χ2n) is 5.51. The SMILES string of the molecule is COC(=O)c1ccc(/C=C2\SC(=O)N(Cc3ccc(Br)cc3)C2=O)cc1. The van der Waals surface area contributed by atoms with E-state index in [9.17, 15) is 14.4 Å². The molecule has 0 spiro atoms. The molecule has 5 nitrogen and oxygen atoms in total. The monoisotopic (exact) mass is 431 g/mol. The molecule has 0 radical (unpaired) electrons. The third-order valence-corrected chi connectivity index (χ3v) is 5.19. The molecule has 2 aromatic rings. The fourth-order valence-corrected chi connectivity index (χ4v) is 3.50. The molecule has 2 aromatic carbocycles. The van der Waals surface area contributed by atoms with Crippen molar-refractivity contribution in [1.29, 1.82) is 0 Å². The highest BCUT2D eigenvalue weighted by atomic mass is 79.9. The van der Waals surface area contributed by atoms with Crippen molar-refractivity contribution in [3.63, 3.8) is 0 Å². The van der Waals surface area contributed by atoms with Gasteiger partial charge in [0, 0.05) is 4.47 Å². The van der Waals surface area contributed by atoms with Gasteiger partial charge in [-0.1, -0.05) is 40.2 Å². The maximum Gasteiger partial charge on any atom is 0.337 e. The summed E-state index contributed by atoms with van der Waals surface area (Å²) < 4.78 is 5.59. The molecule has 1 aliphatic rings. The number of nitrogens with zero attached hydrogens (tertiary/aromatic N) is 1. The van der Waals surface area contributed by atoms with Crippen LogP contribution in [0.15, 0.2) is 57.9 Å². The standard InChI is InChI=1S/C19H14BrNO4S/c1-25-18(23)14-6-2-12(3-7-14)10-16-17(22)21(19(24)26-16)11-13-4-8-15(20)9-5-13/h2-10H,11H2,1H3/b16-10-. The molecule has 3 rings (SSSR count). The number of carbonyl (C=O) groups is 3. The summed E-state index contributed by atoms with van der Waals surface area (Å²) in [6.07, 6.45) is 1.65. The highest BCUT2D eigenvalue weighted by Crippen LogP contribution is 2.33. The molecular formula is C19H14BrNO4S. The van der Waals surface area contributed by atoms with Crippen LogP contribution < -0.4 is 0 Å². The molecule has 0 atom stereocenters. The Morgan fingerprint density at radius 2 is 1.77 bits per heavy atom. The molecule has 0 N–H and O–H groups in total. The van der Waals surface area contributed by atoms with Gasteiger partial charge >= 0.3 is 5.97 Å². The smallest absolute Gasteiger partial charge is 0.337 e. The van der Waals surface area contributed by atoms with Crippen LogP contribution in [0.1, 0.15) is 21.5 Å². The van der Waals surface area contributed by atoms with E-state index in [0.717, 1.165) is 27.4 Å². The number of amides is 2. The van der Waals surface area contributed by atoms with Gasteiger partial charge in [-0.15, -0.1) is 0 Å². The zero-order valence-electron chi connectivity index (χ0n) is 13.8. The Kier molecular flexibility index (Phi) is 5.58. The first-order chi connectivity index (χ1) is 12.5. The molecule has 7 heteroatoms. The number of carbonyl (C=O) groups excluding carboxylic acids is 3. The van der Waals surface area contributed by atoms with E-state index in [1.807, 2.05) is 24.3 Å². The topological polar surface area (TPSA) is 63.7 Å². The molecular weight excluding hydrogens is 418 g/mol. The molecule has 1 aliphatic heterocycles. The third-order valence-electron chi connectivity index (χ3n) is 3.76. The Balaban J connectivity index is 1.76. The van der Waals surface area contributed by atoms with E-state index in [4.69, 9.17) is 0 Å². The fraction of sp³-hybridized carbons (Fsp3) is 0.105. The molecule has 0 aromatic heterocycles. The van der Waals surface area contributed by atoms with Crippen molar-refractivity contribution in [2.45, 2.75) is 6.54 Å². The van der Waals surface area contributed by atoms with Gasteiger partial charge in [0.15, 0.2) is 0 Å². The predicted octanol–water partition coefficient (Wildman–Crippen LogP) is 4.47. The first-order valence-corrected chi connectivity index (χ1v) is 9.27. The number of hydrogen-bond donors (Lipinski definition) is 0. The second-order valence-corrected chi connectivity index (χ2v) is 7.42. The normalized spacial score (nSPS) is 15.6. The van der Waals surface area contributed by atoms with Gasteiger partial charge in [-0.2, -0.15) is 0 Å². The quantitative estimate of drug-likeness (QED) is 0.527. The summed E-state index contributed by atoms with van der Waals surface area (Å²) in [6, 6.07) is 14.1. The summed E-state index contributed by atoms with van der Waals surface area (Å²) in [5.41, 5.74) is 2.03. The Morgan fingerprint density at radius 3 is 2.38 bits per heavy atom.